The molecule has 0 radical (unpaired) electrons. The molecule has 0 bridgehead atoms. The molecule has 0 saturated heterocycles. The summed E-state index contributed by atoms with van der Waals surface area (Å²) >= 11 is 1.55. The van der Waals surface area contributed by atoms with E-state index < -0.39 is 5.54 Å². The van der Waals surface area contributed by atoms with Crippen LogP contribution in [0.1, 0.15) is 64.4 Å². The molecule has 0 aliphatic heterocycles. The monoisotopic (exact) mass is 319 g/mol. The number of carbonyl (C=O) groups is 1. The van der Waals surface area contributed by atoms with E-state index in [1.165, 1.54) is 10.4 Å². The summed E-state index contributed by atoms with van der Waals surface area (Å²) in [5.41, 5.74) is 0.769. The van der Waals surface area contributed by atoms with Gasteiger partial charge in [0.15, 0.2) is 5.82 Å². The minimum Gasteiger partial charge on any atom is -0.340 e. The molecule has 6 heteroatoms. The van der Waals surface area contributed by atoms with E-state index in [4.69, 9.17) is 4.52 Å². The topological polar surface area (TPSA) is 68.0 Å². The van der Waals surface area contributed by atoms with Crippen LogP contribution in [-0.4, -0.2) is 16.0 Å². The van der Waals surface area contributed by atoms with E-state index in [0.717, 1.165) is 37.0 Å². The zero-order valence-corrected chi connectivity index (χ0v) is 14.0. The second kappa shape index (κ2) is 5.83. The number of nitrogens with one attached hydrogen (secondary N) is 1. The standard InChI is InChI=1S/C16H21N3O2S/c1-4-12-9-13(22-10(12)2)14(20)18-16(7-5-6-8-16)15-17-11(3)21-19-15/h9H,4-8H2,1-3H3,(H,18,20). The van der Waals surface area contributed by atoms with Gasteiger partial charge in [-0.2, -0.15) is 4.98 Å². The molecule has 118 valence electrons. The summed E-state index contributed by atoms with van der Waals surface area (Å²) in [6.07, 6.45) is 4.81. The normalized spacial score (nSPS) is 16.9. The molecule has 1 amide bonds. The smallest absolute Gasteiger partial charge is 0.262 e. The summed E-state index contributed by atoms with van der Waals surface area (Å²) in [5, 5.41) is 7.25. The van der Waals surface area contributed by atoms with Gasteiger partial charge < -0.3 is 9.84 Å². The van der Waals surface area contributed by atoms with Crippen molar-refractivity contribution in [3.05, 3.63) is 33.1 Å². The Morgan fingerprint density at radius 1 is 1.41 bits per heavy atom. The highest BCUT2D eigenvalue weighted by molar-refractivity contribution is 7.14. The molecule has 1 saturated carbocycles. The van der Waals surface area contributed by atoms with Gasteiger partial charge in [0.05, 0.1) is 4.88 Å². The van der Waals surface area contributed by atoms with Crippen LogP contribution in [-0.2, 0) is 12.0 Å². The van der Waals surface area contributed by atoms with Crippen LogP contribution in [0, 0.1) is 13.8 Å². The molecule has 2 aromatic rings. The van der Waals surface area contributed by atoms with Gasteiger partial charge in [0.25, 0.3) is 5.91 Å². The molecule has 0 aromatic carbocycles. The molecule has 22 heavy (non-hydrogen) atoms. The van der Waals surface area contributed by atoms with E-state index in [1.54, 1.807) is 18.3 Å². The second-order valence-corrected chi connectivity index (χ2v) is 7.18. The zero-order valence-electron chi connectivity index (χ0n) is 13.2. The Bertz CT molecular complexity index is 683. The summed E-state index contributed by atoms with van der Waals surface area (Å²) in [6, 6.07) is 2.00. The molecule has 1 aliphatic rings. The Morgan fingerprint density at radius 3 is 2.68 bits per heavy atom. The first kappa shape index (κ1) is 15.2. The molecule has 2 heterocycles. The van der Waals surface area contributed by atoms with Gasteiger partial charge in [-0.25, -0.2) is 0 Å². The first-order valence-corrected chi connectivity index (χ1v) is 8.58. The third kappa shape index (κ3) is 2.67. The van der Waals surface area contributed by atoms with Gasteiger partial charge in [0, 0.05) is 11.8 Å². The van der Waals surface area contributed by atoms with Crippen molar-refractivity contribution in [2.75, 3.05) is 0 Å². The van der Waals surface area contributed by atoms with Gasteiger partial charge in [-0.1, -0.05) is 24.9 Å². The predicted octanol–water partition coefficient (Wildman–Crippen LogP) is 3.51. The molecular formula is C16H21N3O2S. The summed E-state index contributed by atoms with van der Waals surface area (Å²) in [4.78, 5) is 19.0. The van der Waals surface area contributed by atoms with Crippen molar-refractivity contribution >= 4 is 17.2 Å². The lowest BCUT2D eigenvalue weighted by atomic mass is 9.96. The molecule has 5 nitrogen and oxygen atoms in total. The van der Waals surface area contributed by atoms with Crippen LogP contribution in [0.25, 0.3) is 0 Å². The molecule has 1 fully saturated rings. The van der Waals surface area contributed by atoms with Crippen molar-refractivity contribution in [3.8, 4) is 0 Å². The summed E-state index contributed by atoms with van der Waals surface area (Å²) in [7, 11) is 0. The largest absolute Gasteiger partial charge is 0.340 e. The molecule has 0 spiro atoms. The molecule has 1 aliphatic carbocycles. The average Bonchev–Trinajstić information content (AvgIpc) is 3.19. The number of aryl methyl sites for hydroxylation is 3. The third-order valence-corrected chi connectivity index (χ3v) is 5.48. The Balaban J connectivity index is 1.86. The fourth-order valence-corrected chi connectivity index (χ4v) is 4.15. The number of nitrogens with zero attached hydrogens (tertiary/aromatic N) is 2. The molecule has 0 atom stereocenters. The lowest BCUT2D eigenvalue weighted by Crippen LogP contribution is -2.44. The second-order valence-electron chi connectivity index (χ2n) is 5.93. The van der Waals surface area contributed by atoms with Crippen molar-refractivity contribution in [1.29, 1.82) is 0 Å². The fourth-order valence-electron chi connectivity index (χ4n) is 3.14. The van der Waals surface area contributed by atoms with Gasteiger partial charge in [-0.15, -0.1) is 11.3 Å². The molecule has 1 N–H and O–H groups in total. The van der Waals surface area contributed by atoms with Crippen molar-refractivity contribution in [3.63, 3.8) is 0 Å². The average molecular weight is 319 g/mol. The number of carbonyl (C=O) groups excluding carboxylic acids is 1. The van der Waals surface area contributed by atoms with Crippen LogP contribution in [0.4, 0.5) is 0 Å². The Hall–Kier alpha value is -1.69. The van der Waals surface area contributed by atoms with E-state index in [0.29, 0.717) is 11.7 Å². The minimum absolute atomic E-state index is 0.0304. The highest BCUT2D eigenvalue weighted by Crippen LogP contribution is 2.38. The van der Waals surface area contributed by atoms with E-state index in [1.807, 2.05) is 6.07 Å². The van der Waals surface area contributed by atoms with Gasteiger partial charge >= 0.3 is 0 Å². The summed E-state index contributed by atoms with van der Waals surface area (Å²) in [5.74, 6) is 1.12. The Kier molecular flexibility index (Phi) is 4.04. The van der Waals surface area contributed by atoms with Crippen LogP contribution in [0.2, 0.25) is 0 Å². The van der Waals surface area contributed by atoms with Gasteiger partial charge in [0.2, 0.25) is 5.89 Å². The lowest BCUT2D eigenvalue weighted by Gasteiger charge is -2.26. The highest BCUT2D eigenvalue weighted by atomic mass is 32.1. The minimum atomic E-state index is -0.473. The number of thiophene rings is 1. The number of aromatic nitrogens is 2. The third-order valence-electron chi connectivity index (χ3n) is 4.39. The van der Waals surface area contributed by atoms with Crippen molar-refractivity contribution < 1.29 is 9.32 Å². The van der Waals surface area contributed by atoms with E-state index >= 15 is 0 Å². The predicted molar refractivity (Wildman–Crippen MR) is 85.1 cm³/mol. The van der Waals surface area contributed by atoms with Crippen molar-refractivity contribution in [2.24, 2.45) is 0 Å². The van der Waals surface area contributed by atoms with Crippen molar-refractivity contribution in [1.82, 2.24) is 15.5 Å². The maximum Gasteiger partial charge on any atom is 0.262 e. The van der Waals surface area contributed by atoms with Crippen LogP contribution in [0.3, 0.4) is 0 Å². The summed E-state index contributed by atoms with van der Waals surface area (Å²) in [6.45, 7) is 5.95. The molecule has 0 unspecified atom stereocenters. The highest BCUT2D eigenvalue weighted by Gasteiger charge is 2.41. The maximum absolute atomic E-state index is 12.7. The maximum atomic E-state index is 12.7. The number of hydrogen-bond acceptors (Lipinski definition) is 5. The summed E-state index contributed by atoms with van der Waals surface area (Å²) < 4.78 is 5.12. The van der Waals surface area contributed by atoms with Gasteiger partial charge in [0.1, 0.15) is 5.54 Å². The number of rotatable bonds is 4. The van der Waals surface area contributed by atoms with Gasteiger partial charge in [-0.3, -0.25) is 4.79 Å². The SMILES string of the molecule is CCc1cc(C(=O)NC2(c3noc(C)n3)CCCC2)sc1C. The van der Waals surface area contributed by atoms with Crippen LogP contribution in [0.15, 0.2) is 10.6 Å². The van der Waals surface area contributed by atoms with Gasteiger partial charge in [-0.05, 0) is 37.8 Å². The number of hydrogen-bond donors (Lipinski definition) is 1. The Morgan fingerprint density at radius 2 is 2.14 bits per heavy atom. The molecule has 3 rings (SSSR count). The van der Waals surface area contributed by atoms with E-state index in [2.05, 4.69) is 29.3 Å². The van der Waals surface area contributed by atoms with E-state index in [9.17, 15) is 4.79 Å². The van der Waals surface area contributed by atoms with Crippen LogP contribution >= 0.6 is 11.3 Å². The lowest BCUT2D eigenvalue weighted by molar-refractivity contribution is 0.0896. The Labute approximate surface area is 134 Å². The quantitative estimate of drug-likeness (QED) is 0.936. The molecule has 2 aromatic heterocycles. The zero-order chi connectivity index (χ0) is 15.7. The number of amides is 1. The molecular weight excluding hydrogens is 298 g/mol. The first-order chi connectivity index (χ1) is 10.5. The first-order valence-electron chi connectivity index (χ1n) is 7.77. The van der Waals surface area contributed by atoms with Crippen LogP contribution in [0.5, 0.6) is 0 Å². The van der Waals surface area contributed by atoms with E-state index in [-0.39, 0.29) is 5.91 Å². The fraction of sp³-hybridized carbons (Fsp3) is 0.562. The van der Waals surface area contributed by atoms with Crippen LogP contribution < -0.4 is 5.32 Å². The van der Waals surface area contributed by atoms with Crippen molar-refractivity contribution in [2.45, 2.75) is 58.4 Å².